The van der Waals surface area contributed by atoms with Gasteiger partial charge in [0.15, 0.2) is 0 Å². The lowest BCUT2D eigenvalue weighted by molar-refractivity contribution is 0.318. The molecule has 3 heterocycles. The molecule has 0 aliphatic carbocycles. The van der Waals surface area contributed by atoms with Crippen LogP contribution in [0.1, 0.15) is 21.7 Å². The predicted octanol–water partition coefficient (Wildman–Crippen LogP) is 4.25. The average Bonchev–Trinajstić information content (AvgIpc) is 3.41. The predicted molar refractivity (Wildman–Crippen MR) is 152 cm³/mol. The van der Waals surface area contributed by atoms with Crippen molar-refractivity contribution < 1.29 is 19.3 Å². The molecule has 202 valence electrons. The van der Waals surface area contributed by atoms with Gasteiger partial charge in [0.25, 0.3) is 0 Å². The van der Waals surface area contributed by atoms with Crippen LogP contribution in [-0.4, -0.2) is 77.5 Å². The van der Waals surface area contributed by atoms with E-state index in [1.165, 1.54) is 4.31 Å². The van der Waals surface area contributed by atoms with Crippen LogP contribution < -0.4 is 19.7 Å². The van der Waals surface area contributed by atoms with E-state index in [9.17, 15) is 8.42 Å². The number of likely N-dealkylation sites (N-methyl/N-ethyl adjacent to an activating group) is 1. The number of aromatic nitrogens is 1. The van der Waals surface area contributed by atoms with Crippen molar-refractivity contribution in [1.82, 2.24) is 14.6 Å². The molecule has 2 fully saturated rings. The summed E-state index contributed by atoms with van der Waals surface area (Å²) in [6.45, 7) is 7.49. The fraction of sp³-hybridized carbons (Fsp3) is 0.464. The van der Waals surface area contributed by atoms with Crippen molar-refractivity contribution in [3.8, 4) is 22.8 Å². The third kappa shape index (κ3) is 5.68. The number of hydrogen-bond donors (Lipinski definition) is 1. The number of nitrogens with one attached hydrogen (secondary N) is 1. The fourth-order valence-electron chi connectivity index (χ4n) is 5.22. The van der Waals surface area contributed by atoms with Gasteiger partial charge in [0.2, 0.25) is 10.0 Å². The van der Waals surface area contributed by atoms with Crippen LogP contribution in [0.25, 0.3) is 22.2 Å². The molecule has 1 aromatic heterocycles. The first-order valence-corrected chi connectivity index (χ1v) is 14.5. The van der Waals surface area contributed by atoms with Crippen LogP contribution in [0.3, 0.4) is 0 Å². The second-order valence-corrected chi connectivity index (χ2v) is 11.6. The van der Waals surface area contributed by atoms with E-state index in [4.69, 9.17) is 14.5 Å². The van der Waals surface area contributed by atoms with E-state index in [2.05, 4.69) is 16.3 Å². The summed E-state index contributed by atoms with van der Waals surface area (Å²) >= 11 is 0. The van der Waals surface area contributed by atoms with Crippen LogP contribution in [-0.2, 0) is 10.0 Å². The molecular weight excluding hydrogens is 488 g/mol. The quantitative estimate of drug-likeness (QED) is 0.459. The first kappa shape index (κ1) is 27.2. The van der Waals surface area contributed by atoms with E-state index >= 15 is 0 Å². The number of ether oxygens (including phenoxy) is 2. The highest BCUT2D eigenvalue weighted by atomic mass is 32.2. The van der Waals surface area contributed by atoms with E-state index in [1.807, 2.05) is 63.4 Å². The maximum absolute atomic E-state index is 12.5. The first-order valence-electron chi connectivity index (χ1n) is 12.9. The molecule has 2 aliphatic rings. The summed E-state index contributed by atoms with van der Waals surface area (Å²) in [5.41, 5.74) is 3.55. The molecular formula is C28H40N4O4S. The number of sulfonamides is 1. The van der Waals surface area contributed by atoms with Gasteiger partial charge in [0, 0.05) is 62.8 Å². The van der Waals surface area contributed by atoms with Crippen molar-refractivity contribution in [3.63, 3.8) is 0 Å². The molecule has 2 saturated heterocycles. The number of methoxy groups -OCH3 is 1. The van der Waals surface area contributed by atoms with Gasteiger partial charge < -0.3 is 19.7 Å². The van der Waals surface area contributed by atoms with E-state index in [0.717, 1.165) is 58.9 Å². The maximum atomic E-state index is 12.5. The summed E-state index contributed by atoms with van der Waals surface area (Å²) in [7, 11) is 2.06. The largest absolute Gasteiger partial charge is 0.497 e. The van der Waals surface area contributed by atoms with Crippen molar-refractivity contribution in [2.24, 2.45) is 5.41 Å². The molecule has 1 N–H and O–H groups in total. The molecule has 5 rings (SSSR count). The molecule has 0 bridgehead atoms. The zero-order valence-corrected chi connectivity index (χ0v) is 23.3. The number of hydrogen-bond acceptors (Lipinski definition) is 7. The number of pyridine rings is 1. The molecule has 1 spiro atoms. The van der Waals surface area contributed by atoms with E-state index in [0.29, 0.717) is 19.7 Å². The normalized spacial score (nSPS) is 20.7. The van der Waals surface area contributed by atoms with Crippen LogP contribution in [0.4, 0.5) is 5.69 Å². The smallest absolute Gasteiger partial charge is 0.214 e. The molecule has 1 atom stereocenters. The highest BCUT2D eigenvalue weighted by molar-refractivity contribution is 7.89. The van der Waals surface area contributed by atoms with Gasteiger partial charge in [-0.1, -0.05) is 13.8 Å². The number of nitrogens with zero attached hydrogens (tertiary/aromatic N) is 3. The third-order valence-electron chi connectivity index (χ3n) is 7.07. The third-order valence-corrected chi connectivity index (χ3v) is 9.12. The van der Waals surface area contributed by atoms with Crippen LogP contribution in [0.2, 0.25) is 0 Å². The van der Waals surface area contributed by atoms with E-state index < -0.39 is 10.0 Å². The lowest BCUT2D eigenvalue weighted by atomic mass is 9.90. The van der Waals surface area contributed by atoms with Gasteiger partial charge in [-0.25, -0.2) is 17.7 Å². The van der Waals surface area contributed by atoms with Crippen LogP contribution in [0.15, 0.2) is 48.5 Å². The standard InChI is InChI=1S/C26H32N4O4S.C2H6.H2/c1-27-11-13-34-20-6-4-19(5-7-20)23-15-25(22-9-8-21(33-3)14-24(22)28-23)30-12-10-26(17-30)16-29(2)35(31,32)18-26;1-2;/h4-9,14-15,27H,10-13,16-18H2,1-3H3;1-2H3;1H. The van der Waals surface area contributed by atoms with Gasteiger partial charge in [0.05, 0.1) is 24.1 Å². The Morgan fingerprint density at radius 3 is 2.46 bits per heavy atom. The molecule has 8 nitrogen and oxygen atoms in total. The summed E-state index contributed by atoms with van der Waals surface area (Å²) in [5, 5.41) is 4.11. The Morgan fingerprint density at radius 2 is 1.81 bits per heavy atom. The Hall–Kier alpha value is -2.88. The van der Waals surface area contributed by atoms with Gasteiger partial charge in [-0.05, 0) is 55.9 Å². The minimum absolute atomic E-state index is 0. The summed E-state index contributed by atoms with van der Waals surface area (Å²) in [5.74, 6) is 1.79. The molecule has 2 aromatic carbocycles. The highest BCUT2D eigenvalue weighted by Gasteiger charge is 2.49. The molecule has 9 heteroatoms. The van der Waals surface area contributed by atoms with Crippen molar-refractivity contribution in [1.29, 1.82) is 0 Å². The Labute approximate surface area is 222 Å². The van der Waals surface area contributed by atoms with Gasteiger partial charge in [0.1, 0.15) is 18.1 Å². The lowest BCUT2D eigenvalue weighted by Gasteiger charge is -2.25. The minimum atomic E-state index is -3.18. The lowest BCUT2D eigenvalue weighted by Crippen LogP contribution is -2.31. The number of benzene rings is 2. The summed E-state index contributed by atoms with van der Waals surface area (Å²) in [4.78, 5) is 7.28. The Balaban J connectivity index is 0.00000130. The minimum Gasteiger partial charge on any atom is -0.497 e. The van der Waals surface area contributed by atoms with Crippen molar-refractivity contribution in [2.75, 3.05) is 64.6 Å². The van der Waals surface area contributed by atoms with Crippen molar-refractivity contribution >= 4 is 26.6 Å². The van der Waals surface area contributed by atoms with E-state index in [-0.39, 0.29) is 12.6 Å². The number of anilines is 1. The maximum Gasteiger partial charge on any atom is 0.214 e. The Morgan fingerprint density at radius 1 is 1.08 bits per heavy atom. The van der Waals surface area contributed by atoms with Crippen LogP contribution in [0, 0.1) is 5.41 Å². The van der Waals surface area contributed by atoms with E-state index in [1.54, 1.807) is 14.2 Å². The van der Waals surface area contributed by atoms with Crippen molar-refractivity contribution in [2.45, 2.75) is 20.3 Å². The van der Waals surface area contributed by atoms with Crippen LogP contribution in [0.5, 0.6) is 11.5 Å². The Bertz CT molecular complexity index is 1340. The van der Waals surface area contributed by atoms with Crippen molar-refractivity contribution in [3.05, 3.63) is 48.5 Å². The zero-order chi connectivity index (χ0) is 26.6. The molecule has 3 aromatic rings. The second kappa shape index (κ2) is 11.2. The molecule has 1 unspecified atom stereocenters. The molecule has 0 saturated carbocycles. The molecule has 2 aliphatic heterocycles. The monoisotopic (exact) mass is 528 g/mol. The topological polar surface area (TPSA) is 84.0 Å². The first-order chi connectivity index (χ1) is 17.8. The Kier molecular flexibility index (Phi) is 8.26. The molecule has 0 amide bonds. The number of fused-ring (bicyclic) bond motifs is 1. The van der Waals surface area contributed by atoms with Gasteiger partial charge in [-0.3, -0.25) is 0 Å². The summed E-state index contributed by atoms with van der Waals surface area (Å²) < 4.78 is 37.7. The summed E-state index contributed by atoms with van der Waals surface area (Å²) in [6.07, 6.45) is 0.852. The molecule has 37 heavy (non-hydrogen) atoms. The fourth-order valence-corrected chi connectivity index (χ4v) is 7.01. The van der Waals surface area contributed by atoms with Gasteiger partial charge in [-0.2, -0.15) is 0 Å². The second-order valence-electron chi connectivity index (χ2n) is 9.57. The molecule has 0 radical (unpaired) electrons. The van der Waals surface area contributed by atoms with Gasteiger partial charge in [-0.15, -0.1) is 0 Å². The zero-order valence-electron chi connectivity index (χ0n) is 22.5. The summed E-state index contributed by atoms with van der Waals surface area (Å²) in [6, 6.07) is 16.0. The highest BCUT2D eigenvalue weighted by Crippen LogP contribution is 2.43. The SMILES string of the molecule is CC.CNCCOc1ccc(-c2cc(N3CCC4(C3)CN(C)S(=O)(=O)C4)c3ccc(OC)cc3n2)cc1.[HH]. The van der Waals surface area contributed by atoms with Gasteiger partial charge >= 0.3 is 0 Å². The van der Waals surface area contributed by atoms with Crippen LogP contribution >= 0.6 is 0 Å². The average molecular weight is 529 g/mol. The number of rotatable bonds is 7.